The van der Waals surface area contributed by atoms with Crippen LogP contribution in [0.4, 0.5) is 0 Å². The van der Waals surface area contributed by atoms with Crippen LogP contribution in [0, 0.1) is 0 Å². The van der Waals surface area contributed by atoms with Gasteiger partial charge >= 0.3 is 0 Å². The molecule has 3 nitrogen and oxygen atoms in total. The summed E-state index contributed by atoms with van der Waals surface area (Å²) in [4.78, 5) is 2.58. The smallest absolute Gasteiger partial charge is 0.0753 e. The Hall–Kier alpha value is -0.120. The van der Waals surface area contributed by atoms with Gasteiger partial charge in [-0.25, -0.2) is 0 Å². The van der Waals surface area contributed by atoms with Crippen LogP contribution >= 0.6 is 0 Å². The predicted molar refractivity (Wildman–Crippen MR) is 71.1 cm³/mol. The van der Waals surface area contributed by atoms with Gasteiger partial charge in [0.1, 0.15) is 0 Å². The van der Waals surface area contributed by atoms with Gasteiger partial charge in [-0.15, -0.1) is 0 Å². The van der Waals surface area contributed by atoms with E-state index in [0.717, 1.165) is 19.7 Å². The van der Waals surface area contributed by atoms with Gasteiger partial charge in [0.25, 0.3) is 0 Å². The normalized spacial score (nSPS) is 36.2. The minimum atomic E-state index is 0.000334. The van der Waals surface area contributed by atoms with E-state index in [4.69, 9.17) is 10.5 Å². The average molecular weight is 240 g/mol. The van der Waals surface area contributed by atoms with Crippen molar-refractivity contribution in [1.82, 2.24) is 4.90 Å². The molecule has 17 heavy (non-hydrogen) atoms. The second-order valence-electron chi connectivity index (χ2n) is 6.30. The Bertz CT molecular complexity index is 242. The Labute approximate surface area is 106 Å². The van der Waals surface area contributed by atoms with Crippen molar-refractivity contribution < 1.29 is 4.74 Å². The molecule has 0 bridgehead atoms. The highest BCUT2D eigenvalue weighted by molar-refractivity contribution is 4.89. The SMILES string of the molecule is CC1(C)CN(C2CCCCCCC2N)CCO1. The number of rotatable bonds is 1. The first-order valence-corrected chi connectivity index (χ1v) is 7.22. The molecule has 1 heterocycles. The topological polar surface area (TPSA) is 38.5 Å². The Morgan fingerprint density at radius 3 is 2.53 bits per heavy atom. The van der Waals surface area contributed by atoms with Crippen LogP contribution in [0.25, 0.3) is 0 Å². The van der Waals surface area contributed by atoms with Gasteiger partial charge in [-0.05, 0) is 26.7 Å². The first-order chi connectivity index (χ1) is 8.08. The van der Waals surface area contributed by atoms with Crippen LogP contribution in [0.1, 0.15) is 52.4 Å². The van der Waals surface area contributed by atoms with Crippen molar-refractivity contribution in [3.05, 3.63) is 0 Å². The first-order valence-electron chi connectivity index (χ1n) is 7.22. The van der Waals surface area contributed by atoms with Crippen molar-refractivity contribution in [1.29, 1.82) is 0 Å². The fourth-order valence-corrected chi connectivity index (χ4v) is 3.28. The summed E-state index contributed by atoms with van der Waals surface area (Å²) < 4.78 is 5.80. The summed E-state index contributed by atoms with van der Waals surface area (Å²) in [6.45, 7) is 7.32. The van der Waals surface area contributed by atoms with Crippen molar-refractivity contribution in [3.8, 4) is 0 Å². The maximum Gasteiger partial charge on any atom is 0.0753 e. The monoisotopic (exact) mass is 240 g/mol. The standard InChI is InChI=1S/C14H28N2O/c1-14(2)11-16(9-10-17-14)13-8-6-4-3-5-7-12(13)15/h12-13H,3-11,15H2,1-2H3. The van der Waals surface area contributed by atoms with Crippen molar-refractivity contribution >= 4 is 0 Å². The number of hydrogen-bond donors (Lipinski definition) is 1. The molecule has 0 aromatic heterocycles. The summed E-state index contributed by atoms with van der Waals surface area (Å²) >= 11 is 0. The Balaban J connectivity index is 1.97. The molecule has 2 rings (SSSR count). The van der Waals surface area contributed by atoms with Crippen molar-refractivity contribution in [2.75, 3.05) is 19.7 Å². The zero-order valence-corrected chi connectivity index (χ0v) is 11.5. The lowest BCUT2D eigenvalue weighted by molar-refractivity contribution is -0.101. The van der Waals surface area contributed by atoms with Gasteiger partial charge in [-0.1, -0.05) is 25.7 Å². The fraction of sp³-hybridized carbons (Fsp3) is 1.00. The lowest BCUT2D eigenvalue weighted by Gasteiger charge is -2.44. The van der Waals surface area contributed by atoms with Crippen molar-refractivity contribution in [3.63, 3.8) is 0 Å². The molecule has 1 saturated heterocycles. The third kappa shape index (κ3) is 3.67. The highest BCUT2D eigenvalue weighted by Gasteiger charge is 2.33. The molecule has 0 aromatic rings. The van der Waals surface area contributed by atoms with Crippen LogP contribution in [-0.2, 0) is 4.74 Å². The molecular weight excluding hydrogens is 212 g/mol. The predicted octanol–water partition coefficient (Wildman–Crippen LogP) is 2.15. The van der Waals surface area contributed by atoms with E-state index in [-0.39, 0.29) is 5.60 Å². The van der Waals surface area contributed by atoms with Gasteiger partial charge in [-0.2, -0.15) is 0 Å². The third-order valence-corrected chi connectivity index (χ3v) is 4.21. The van der Waals surface area contributed by atoms with Crippen LogP contribution in [0.15, 0.2) is 0 Å². The molecule has 0 radical (unpaired) electrons. The molecule has 3 heteroatoms. The van der Waals surface area contributed by atoms with Crippen LogP contribution < -0.4 is 5.73 Å². The third-order valence-electron chi connectivity index (χ3n) is 4.21. The molecule has 2 atom stereocenters. The van der Waals surface area contributed by atoms with Gasteiger partial charge in [0.05, 0.1) is 12.2 Å². The minimum Gasteiger partial charge on any atom is -0.373 e. The first kappa shape index (κ1) is 13.3. The molecule has 2 fully saturated rings. The number of ether oxygens (including phenoxy) is 1. The lowest BCUT2D eigenvalue weighted by Crippen LogP contribution is -2.57. The summed E-state index contributed by atoms with van der Waals surface area (Å²) in [5.74, 6) is 0. The van der Waals surface area contributed by atoms with Crippen LogP contribution in [0.3, 0.4) is 0 Å². The number of hydrogen-bond acceptors (Lipinski definition) is 3. The summed E-state index contributed by atoms with van der Waals surface area (Å²) in [6, 6.07) is 0.947. The number of nitrogens with two attached hydrogens (primary N) is 1. The van der Waals surface area contributed by atoms with Crippen LogP contribution in [0.2, 0.25) is 0 Å². The summed E-state index contributed by atoms with van der Waals surface area (Å²) in [5.41, 5.74) is 6.39. The Morgan fingerprint density at radius 1 is 1.12 bits per heavy atom. The zero-order chi connectivity index (χ0) is 12.3. The van der Waals surface area contributed by atoms with Gasteiger partial charge in [0.15, 0.2) is 0 Å². The molecule has 2 unspecified atom stereocenters. The van der Waals surface area contributed by atoms with Crippen LogP contribution in [0.5, 0.6) is 0 Å². The van der Waals surface area contributed by atoms with E-state index in [2.05, 4.69) is 18.7 Å². The molecular formula is C14H28N2O. The van der Waals surface area contributed by atoms with Gasteiger partial charge in [0.2, 0.25) is 0 Å². The Morgan fingerprint density at radius 2 is 1.82 bits per heavy atom. The van der Waals surface area contributed by atoms with Gasteiger partial charge in [-0.3, -0.25) is 4.90 Å². The molecule has 2 aliphatic rings. The quantitative estimate of drug-likeness (QED) is 0.763. The second kappa shape index (κ2) is 5.68. The fourth-order valence-electron chi connectivity index (χ4n) is 3.28. The molecule has 1 aliphatic heterocycles. The minimum absolute atomic E-state index is 0.000334. The van der Waals surface area contributed by atoms with Crippen molar-refractivity contribution in [2.45, 2.75) is 70.1 Å². The maximum atomic E-state index is 6.39. The van der Waals surface area contributed by atoms with E-state index in [0.29, 0.717) is 12.1 Å². The van der Waals surface area contributed by atoms with Crippen LogP contribution in [-0.4, -0.2) is 42.3 Å². The average Bonchev–Trinajstić information content (AvgIpc) is 2.22. The van der Waals surface area contributed by atoms with E-state index in [1.165, 1.54) is 38.5 Å². The molecule has 100 valence electrons. The summed E-state index contributed by atoms with van der Waals surface area (Å²) in [5, 5.41) is 0. The number of nitrogens with zero attached hydrogens (tertiary/aromatic N) is 1. The Kier molecular flexibility index (Phi) is 4.45. The van der Waals surface area contributed by atoms with E-state index in [1.54, 1.807) is 0 Å². The van der Waals surface area contributed by atoms with Gasteiger partial charge in [0, 0.05) is 25.2 Å². The lowest BCUT2D eigenvalue weighted by atomic mass is 9.90. The molecule has 1 saturated carbocycles. The highest BCUT2D eigenvalue weighted by Crippen LogP contribution is 2.25. The van der Waals surface area contributed by atoms with E-state index < -0.39 is 0 Å². The van der Waals surface area contributed by atoms with E-state index >= 15 is 0 Å². The highest BCUT2D eigenvalue weighted by atomic mass is 16.5. The second-order valence-corrected chi connectivity index (χ2v) is 6.30. The summed E-state index contributed by atoms with van der Waals surface area (Å²) in [6.07, 6.45) is 7.88. The van der Waals surface area contributed by atoms with Crippen molar-refractivity contribution in [2.24, 2.45) is 5.73 Å². The zero-order valence-electron chi connectivity index (χ0n) is 11.5. The largest absolute Gasteiger partial charge is 0.373 e. The molecule has 0 amide bonds. The molecule has 1 aliphatic carbocycles. The molecule has 2 N–H and O–H groups in total. The molecule has 0 spiro atoms. The maximum absolute atomic E-state index is 6.39. The van der Waals surface area contributed by atoms with E-state index in [9.17, 15) is 0 Å². The van der Waals surface area contributed by atoms with Gasteiger partial charge < -0.3 is 10.5 Å². The van der Waals surface area contributed by atoms with E-state index in [1.807, 2.05) is 0 Å². The summed E-state index contributed by atoms with van der Waals surface area (Å²) in [7, 11) is 0. The number of morpholine rings is 1. The molecule has 0 aromatic carbocycles.